The molecule has 1 rings (SSSR count). The van der Waals surface area contributed by atoms with Crippen molar-refractivity contribution < 1.29 is 29.0 Å². The van der Waals surface area contributed by atoms with Gasteiger partial charge in [-0.15, -0.1) is 0 Å². The molecule has 0 radical (unpaired) electrons. The Balaban J connectivity index is 2.00. The van der Waals surface area contributed by atoms with E-state index in [-0.39, 0.29) is 18.4 Å². The summed E-state index contributed by atoms with van der Waals surface area (Å²) in [4.78, 5) is 44.9. The Hall–Kier alpha value is -2.44. The monoisotopic (exact) mass is 295 g/mol. The van der Waals surface area contributed by atoms with Crippen molar-refractivity contribution in [1.82, 2.24) is 4.90 Å². The Kier molecular flexibility index (Phi) is 6.86. The Bertz CT molecular complexity index is 462. The summed E-state index contributed by atoms with van der Waals surface area (Å²) in [5.41, 5.74) is 0. The molecule has 0 aromatic carbocycles. The summed E-state index contributed by atoms with van der Waals surface area (Å²) in [6.07, 6.45) is 7.04. The molecule has 1 aliphatic heterocycles. The van der Waals surface area contributed by atoms with Crippen LogP contribution in [-0.4, -0.2) is 46.9 Å². The van der Waals surface area contributed by atoms with E-state index in [1.54, 1.807) is 0 Å². The van der Waals surface area contributed by atoms with E-state index in [2.05, 4.69) is 0 Å². The lowest BCUT2D eigenvalue weighted by Crippen LogP contribution is -2.30. The molecule has 0 aromatic heterocycles. The second kappa shape index (κ2) is 8.68. The number of esters is 1. The fourth-order valence-electron chi connectivity index (χ4n) is 1.74. The standard InChI is InChI=1S/C14H17NO6/c16-11-5-6-12(17)15(11)9-3-1-2-4-10-21-14(20)8-7-13(18)19/h5-8H,1-4,9-10H2,(H,18,19)/b8-7-. The lowest BCUT2D eigenvalue weighted by molar-refractivity contribution is -0.139. The van der Waals surface area contributed by atoms with Crippen LogP contribution in [0.15, 0.2) is 24.3 Å². The maximum absolute atomic E-state index is 11.2. The molecule has 1 N–H and O–H groups in total. The van der Waals surface area contributed by atoms with Crippen LogP contribution in [0, 0.1) is 0 Å². The summed E-state index contributed by atoms with van der Waals surface area (Å²) >= 11 is 0. The zero-order valence-electron chi connectivity index (χ0n) is 11.5. The van der Waals surface area contributed by atoms with Gasteiger partial charge in [-0.1, -0.05) is 6.42 Å². The number of imide groups is 1. The lowest BCUT2D eigenvalue weighted by Gasteiger charge is -2.12. The number of nitrogens with zero attached hydrogens (tertiary/aromatic N) is 1. The highest BCUT2D eigenvalue weighted by molar-refractivity contribution is 6.12. The molecule has 114 valence electrons. The van der Waals surface area contributed by atoms with E-state index in [1.165, 1.54) is 17.1 Å². The highest BCUT2D eigenvalue weighted by atomic mass is 16.5. The van der Waals surface area contributed by atoms with Crippen LogP contribution in [0.25, 0.3) is 0 Å². The Labute approximate surface area is 121 Å². The number of hydrogen-bond acceptors (Lipinski definition) is 5. The molecule has 7 nitrogen and oxygen atoms in total. The van der Waals surface area contributed by atoms with Crippen molar-refractivity contribution in [3.05, 3.63) is 24.3 Å². The van der Waals surface area contributed by atoms with Gasteiger partial charge in [0.25, 0.3) is 11.8 Å². The molecule has 0 fully saturated rings. The van der Waals surface area contributed by atoms with Gasteiger partial charge in [0.05, 0.1) is 6.61 Å². The van der Waals surface area contributed by atoms with Gasteiger partial charge in [0.2, 0.25) is 0 Å². The van der Waals surface area contributed by atoms with E-state index in [9.17, 15) is 19.2 Å². The molecule has 21 heavy (non-hydrogen) atoms. The van der Waals surface area contributed by atoms with Crippen LogP contribution in [0.1, 0.15) is 25.7 Å². The summed E-state index contributed by atoms with van der Waals surface area (Å²) in [5.74, 6) is -2.44. The highest BCUT2D eigenvalue weighted by Gasteiger charge is 2.21. The maximum atomic E-state index is 11.2. The minimum absolute atomic E-state index is 0.214. The van der Waals surface area contributed by atoms with Crippen molar-refractivity contribution in [2.75, 3.05) is 13.2 Å². The minimum Gasteiger partial charge on any atom is -0.478 e. The van der Waals surface area contributed by atoms with Gasteiger partial charge in [-0.05, 0) is 19.3 Å². The normalized spacial score (nSPS) is 14.2. The zero-order valence-corrected chi connectivity index (χ0v) is 11.5. The van der Waals surface area contributed by atoms with Gasteiger partial charge in [-0.2, -0.15) is 0 Å². The van der Waals surface area contributed by atoms with Crippen LogP contribution in [-0.2, 0) is 23.9 Å². The zero-order chi connectivity index (χ0) is 15.7. The fourth-order valence-corrected chi connectivity index (χ4v) is 1.74. The van der Waals surface area contributed by atoms with E-state index in [0.29, 0.717) is 19.4 Å². The van der Waals surface area contributed by atoms with Gasteiger partial charge in [0, 0.05) is 30.8 Å². The molecule has 2 amide bonds. The number of rotatable bonds is 9. The number of carboxylic acid groups (broad SMARTS) is 1. The van der Waals surface area contributed by atoms with Crippen LogP contribution in [0.4, 0.5) is 0 Å². The molecule has 0 spiro atoms. The molecule has 0 unspecified atom stereocenters. The Morgan fingerprint density at radius 2 is 1.67 bits per heavy atom. The highest BCUT2D eigenvalue weighted by Crippen LogP contribution is 2.07. The van der Waals surface area contributed by atoms with Crippen molar-refractivity contribution in [2.24, 2.45) is 0 Å². The SMILES string of the molecule is O=C(O)/C=C\C(=O)OCCCCCCN1C(=O)C=CC1=O. The molecular weight excluding hydrogens is 278 g/mol. The van der Waals surface area contributed by atoms with E-state index in [0.717, 1.165) is 25.0 Å². The summed E-state index contributed by atoms with van der Waals surface area (Å²) in [6, 6.07) is 0. The first-order chi connectivity index (χ1) is 10.0. The van der Waals surface area contributed by atoms with E-state index in [1.807, 2.05) is 0 Å². The predicted octanol–water partition coefficient (Wildman–Crippen LogP) is 0.656. The van der Waals surface area contributed by atoms with Gasteiger partial charge < -0.3 is 9.84 Å². The van der Waals surface area contributed by atoms with Crippen molar-refractivity contribution in [3.63, 3.8) is 0 Å². The molecule has 0 atom stereocenters. The van der Waals surface area contributed by atoms with Gasteiger partial charge in [-0.3, -0.25) is 14.5 Å². The number of carbonyl (C=O) groups excluding carboxylic acids is 3. The smallest absolute Gasteiger partial charge is 0.331 e. The summed E-state index contributed by atoms with van der Waals surface area (Å²) in [6.45, 7) is 0.609. The maximum Gasteiger partial charge on any atom is 0.331 e. The van der Waals surface area contributed by atoms with Crippen molar-refractivity contribution in [3.8, 4) is 0 Å². The molecule has 7 heteroatoms. The lowest BCUT2D eigenvalue weighted by atomic mass is 10.2. The second-order valence-electron chi connectivity index (χ2n) is 4.41. The first kappa shape index (κ1) is 16.6. The van der Waals surface area contributed by atoms with Crippen LogP contribution in [0.3, 0.4) is 0 Å². The van der Waals surface area contributed by atoms with Crippen LogP contribution in [0.5, 0.6) is 0 Å². The molecule has 0 saturated heterocycles. The van der Waals surface area contributed by atoms with Crippen molar-refractivity contribution in [1.29, 1.82) is 0 Å². The average Bonchev–Trinajstić information content (AvgIpc) is 2.75. The van der Waals surface area contributed by atoms with Crippen molar-refractivity contribution >= 4 is 23.8 Å². The van der Waals surface area contributed by atoms with Gasteiger partial charge in [-0.25, -0.2) is 9.59 Å². The predicted molar refractivity (Wildman–Crippen MR) is 72.1 cm³/mol. The number of carboxylic acids is 1. The number of hydrogen-bond donors (Lipinski definition) is 1. The number of unbranched alkanes of at least 4 members (excludes halogenated alkanes) is 3. The molecule has 0 bridgehead atoms. The summed E-state index contributed by atoms with van der Waals surface area (Å²) < 4.78 is 4.79. The second-order valence-corrected chi connectivity index (χ2v) is 4.41. The van der Waals surface area contributed by atoms with Gasteiger partial charge in [0.15, 0.2) is 0 Å². The third-order valence-corrected chi connectivity index (χ3v) is 2.78. The molecule has 1 heterocycles. The first-order valence-electron chi connectivity index (χ1n) is 6.62. The number of carbonyl (C=O) groups is 4. The molecular formula is C14H17NO6. The molecule has 0 saturated carbocycles. The number of amides is 2. The fraction of sp³-hybridized carbons (Fsp3) is 0.429. The van der Waals surface area contributed by atoms with E-state index < -0.39 is 11.9 Å². The largest absolute Gasteiger partial charge is 0.478 e. The van der Waals surface area contributed by atoms with E-state index >= 15 is 0 Å². The average molecular weight is 295 g/mol. The van der Waals surface area contributed by atoms with Gasteiger partial charge >= 0.3 is 11.9 Å². The Morgan fingerprint density at radius 1 is 1.05 bits per heavy atom. The topological polar surface area (TPSA) is 101 Å². The molecule has 0 aliphatic carbocycles. The summed E-state index contributed by atoms with van der Waals surface area (Å²) in [7, 11) is 0. The number of ether oxygens (including phenoxy) is 1. The Morgan fingerprint density at radius 3 is 2.29 bits per heavy atom. The van der Waals surface area contributed by atoms with Gasteiger partial charge in [0.1, 0.15) is 0 Å². The van der Waals surface area contributed by atoms with E-state index in [4.69, 9.17) is 9.84 Å². The molecule has 0 aromatic rings. The molecule has 1 aliphatic rings. The third kappa shape index (κ3) is 6.51. The minimum atomic E-state index is -1.20. The number of aliphatic carboxylic acids is 1. The van der Waals surface area contributed by atoms with Crippen molar-refractivity contribution in [2.45, 2.75) is 25.7 Å². The van der Waals surface area contributed by atoms with Crippen LogP contribution in [0.2, 0.25) is 0 Å². The van der Waals surface area contributed by atoms with Crippen LogP contribution < -0.4 is 0 Å². The van der Waals surface area contributed by atoms with Crippen LogP contribution >= 0.6 is 0 Å². The first-order valence-corrected chi connectivity index (χ1v) is 6.62. The third-order valence-electron chi connectivity index (χ3n) is 2.78. The summed E-state index contributed by atoms with van der Waals surface area (Å²) in [5, 5.41) is 8.31. The quantitative estimate of drug-likeness (QED) is 0.290.